The molecule has 0 saturated carbocycles. The quantitative estimate of drug-likeness (QED) is 0.332. The molecule has 7 nitrogen and oxygen atoms in total. The Kier molecular flexibility index (Phi) is 6.43. The Morgan fingerprint density at radius 3 is 2.50 bits per heavy atom. The van der Waals surface area contributed by atoms with Gasteiger partial charge in [-0.05, 0) is 74.1 Å². The third-order valence-corrected chi connectivity index (χ3v) is 6.83. The largest absolute Gasteiger partial charge is 0.506 e. The van der Waals surface area contributed by atoms with E-state index in [2.05, 4.69) is 21.7 Å². The number of phenols is 1. The number of carbonyl (C=O) groups excluding carboxylic acids is 1. The summed E-state index contributed by atoms with van der Waals surface area (Å²) in [5.74, 6) is 0.0396. The van der Waals surface area contributed by atoms with Gasteiger partial charge < -0.3 is 25.2 Å². The zero-order chi connectivity index (χ0) is 25.2. The second-order valence-electron chi connectivity index (χ2n) is 8.82. The van der Waals surface area contributed by atoms with Crippen molar-refractivity contribution in [2.24, 2.45) is 0 Å². The fraction of sp³-hybridized carbons (Fsp3) is 0.179. The molecule has 4 aromatic rings. The summed E-state index contributed by atoms with van der Waals surface area (Å²) in [5.41, 5.74) is 5.20. The van der Waals surface area contributed by atoms with Gasteiger partial charge in [0.1, 0.15) is 12.3 Å². The number of nitrogens with one attached hydrogen (secondary N) is 2. The number of rotatable bonds is 6. The molecule has 0 bridgehead atoms. The number of aromatic hydroxyl groups is 1. The molecule has 1 aliphatic rings. The van der Waals surface area contributed by atoms with Crippen LogP contribution in [-0.4, -0.2) is 37.1 Å². The van der Waals surface area contributed by atoms with E-state index in [0.717, 1.165) is 28.3 Å². The molecule has 3 N–H and O–H groups in total. The average Bonchev–Trinajstić information content (AvgIpc) is 3.35. The molecule has 1 fully saturated rings. The summed E-state index contributed by atoms with van der Waals surface area (Å²) >= 11 is 5.74. The van der Waals surface area contributed by atoms with Crippen LogP contribution in [0.1, 0.15) is 34.7 Å². The molecule has 0 spiro atoms. The van der Waals surface area contributed by atoms with Crippen molar-refractivity contribution in [2.75, 3.05) is 11.9 Å². The maximum Gasteiger partial charge on any atom is 0.244 e. The molecule has 2 aromatic heterocycles. The molecule has 5 rings (SSSR count). The third-order valence-electron chi connectivity index (χ3n) is 6.48. The third kappa shape index (κ3) is 4.43. The summed E-state index contributed by atoms with van der Waals surface area (Å²) in [7, 11) is 0. The summed E-state index contributed by atoms with van der Waals surface area (Å²) in [4.78, 5) is 19.6. The Hall–Kier alpha value is -4.17. The predicted octanol–water partition coefficient (Wildman–Crippen LogP) is 4.81. The minimum Gasteiger partial charge on any atom is -0.506 e. The first-order valence-corrected chi connectivity index (χ1v) is 12.1. The molecule has 1 amide bonds. The van der Waals surface area contributed by atoms with Crippen LogP contribution in [0.3, 0.4) is 0 Å². The van der Waals surface area contributed by atoms with Crippen molar-refractivity contribution in [1.82, 2.24) is 19.8 Å². The van der Waals surface area contributed by atoms with Gasteiger partial charge in [0.2, 0.25) is 5.91 Å². The lowest BCUT2D eigenvalue weighted by molar-refractivity contribution is -0.116. The summed E-state index contributed by atoms with van der Waals surface area (Å²) in [6.07, 6.45) is 1.76. The summed E-state index contributed by atoms with van der Waals surface area (Å²) in [5, 5.41) is 17.4. The van der Waals surface area contributed by atoms with E-state index >= 15 is 0 Å². The van der Waals surface area contributed by atoms with Gasteiger partial charge in [0, 0.05) is 23.3 Å². The number of nitrogens with zero attached hydrogens (tertiary/aromatic N) is 3. The predicted molar refractivity (Wildman–Crippen MR) is 144 cm³/mol. The lowest BCUT2D eigenvalue weighted by Crippen LogP contribution is -2.37. The molecule has 0 unspecified atom stereocenters. The summed E-state index contributed by atoms with van der Waals surface area (Å²) < 4.78 is 2.03. The van der Waals surface area contributed by atoms with Gasteiger partial charge >= 0.3 is 0 Å². The normalized spacial score (nSPS) is 17.2. The number of hydrogen-bond donors (Lipinski definition) is 3. The van der Waals surface area contributed by atoms with E-state index in [1.54, 1.807) is 18.3 Å². The van der Waals surface area contributed by atoms with Crippen LogP contribution < -0.4 is 10.6 Å². The molecule has 2 aromatic carbocycles. The molecule has 182 valence electrons. The lowest BCUT2D eigenvalue weighted by atomic mass is 9.96. The monoisotopic (exact) mass is 497 g/mol. The number of carbonyl (C=O) groups is 1. The van der Waals surface area contributed by atoms with Crippen LogP contribution in [0.15, 0.2) is 85.1 Å². The van der Waals surface area contributed by atoms with Gasteiger partial charge in [0.15, 0.2) is 5.11 Å². The Labute approximate surface area is 215 Å². The molecular weight excluding hydrogens is 470 g/mol. The SMILES string of the molecule is Cc1cc([C@@H]2[C@@H](c3ccccn3)NC(=S)N2CC(=O)Nc2ccccc2)c(C)n1-c1ccccc1O. The zero-order valence-corrected chi connectivity index (χ0v) is 20.9. The maximum atomic E-state index is 13.1. The van der Waals surface area contributed by atoms with Crippen LogP contribution >= 0.6 is 12.2 Å². The number of para-hydroxylation sites is 3. The second kappa shape index (κ2) is 9.83. The number of hydrogen-bond acceptors (Lipinski definition) is 4. The minimum atomic E-state index is -0.278. The van der Waals surface area contributed by atoms with E-state index in [9.17, 15) is 9.90 Å². The number of aryl methyl sites for hydroxylation is 1. The highest BCUT2D eigenvalue weighted by Gasteiger charge is 2.42. The van der Waals surface area contributed by atoms with E-state index in [1.807, 2.05) is 84.0 Å². The van der Waals surface area contributed by atoms with Gasteiger partial charge in [-0.15, -0.1) is 0 Å². The standard InChI is InChI=1S/C28H27N5O2S/c1-18-16-21(19(2)33(18)23-13-6-7-14-24(23)34)27-26(22-12-8-9-15-29-22)31-28(36)32(27)17-25(35)30-20-10-4-3-5-11-20/h3-16,26-27,34H,17H2,1-2H3,(H,30,35)(H,31,36)/t26-,27-/m1/s1. The fourth-order valence-electron chi connectivity index (χ4n) is 4.90. The molecule has 0 aliphatic carbocycles. The molecule has 2 atom stereocenters. The van der Waals surface area contributed by atoms with Gasteiger partial charge in [0.05, 0.1) is 23.5 Å². The number of amides is 1. The highest BCUT2D eigenvalue weighted by atomic mass is 32.1. The second-order valence-corrected chi connectivity index (χ2v) is 9.21. The van der Waals surface area contributed by atoms with Gasteiger partial charge in [-0.1, -0.05) is 36.4 Å². The van der Waals surface area contributed by atoms with Crippen LogP contribution in [0.4, 0.5) is 5.69 Å². The molecule has 36 heavy (non-hydrogen) atoms. The number of phenolic OH excluding ortho intramolecular Hbond substituents is 1. The topological polar surface area (TPSA) is 82.4 Å². The summed E-state index contributed by atoms with van der Waals surface area (Å²) in [6.45, 7) is 4.11. The van der Waals surface area contributed by atoms with Gasteiger partial charge in [-0.3, -0.25) is 9.78 Å². The zero-order valence-electron chi connectivity index (χ0n) is 20.1. The van der Waals surface area contributed by atoms with E-state index in [-0.39, 0.29) is 30.3 Å². The van der Waals surface area contributed by atoms with Crippen LogP contribution in [0.5, 0.6) is 5.75 Å². The van der Waals surface area contributed by atoms with Crippen molar-refractivity contribution in [3.8, 4) is 11.4 Å². The first-order valence-electron chi connectivity index (χ1n) is 11.7. The smallest absolute Gasteiger partial charge is 0.244 e. The molecular formula is C28H27N5O2S. The molecule has 0 radical (unpaired) electrons. The number of anilines is 1. The first kappa shape index (κ1) is 23.6. The average molecular weight is 498 g/mol. The Balaban J connectivity index is 1.55. The minimum absolute atomic E-state index is 0.0784. The lowest BCUT2D eigenvalue weighted by Gasteiger charge is -2.27. The number of aromatic nitrogens is 2. The van der Waals surface area contributed by atoms with E-state index < -0.39 is 0 Å². The highest BCUT2D eigenvalue weighted by molar-refractivity contribution is 7.80. The van der Waals surface area contributed by atoms with E-state index in [0.29, 0.717) is 10.8 Å². The first-order chi connectivity index (χ1) is 17.4. The van der Waals surface area contributed by atoms with Crippen LogP contribution in [0.25, 0.3) is 5.69 Å². The van der Waals surface area contributed by atoms with Crippen molar-refractivity contribution < 1.29 is 9.90 Å². The molecule has 1 saturated heterocycles. The van der Waals surface area contributed by atoms with Crippen LogP contribution in [0.2, 0.25) is 0 Å². The maximum absolute atomic E-state index is 13.1. The summed E-state index contributed by atoms with van der Waals surface area (Å²) in [6, 6.07) is 24.0. The van der Waals surface area contributed by atoms with Gasteiger partial charge in [0.25, 0.3) is 0 Å². The van der Waals surface area contributed by atoms with Crippen molar-refractivity contribution in [3.05, 3.63) is 108 Å². The van der Waals surface area contributed by atoms with Crippen molar-refractivity contribution in [3.63, 3.8) is 0 Å². The van der Waals surface area contributed by atoms with Gasteiger partial charge in [-0.25, -0.2) is 0 Å². The van der Waals surface area contributed by atoms with E-state index in [4.69, 9.17) is 12.2 Å². The number of thiocarbonyl (C=S) groups is 1. The van der Waals surface area contributed by atoms with Crippen molar-refractivity contribution >= 4 is 28.9 Å². The molecule has 3 heterocycles. The van der Waals surface area contributed by atoms with Crippen LogP contribution in [0, 0.1) is 13.8 Å². The Bertz CT molecular complexity index is 1400. The number of benzene rings is 2. The molecule has 8 heteroatoms. The van der Waals surface area contributed by atoms with Crippen LogP contribution in [-0.2, 0) is 4.79 Å². The van der Waals surface area contributed by atoms with E-state index in [1.165, 1.54) is 0 Å². The Morgan fingerprint density at radius 1 is 1.06 bits per heavy atom. The van der Waals surface area contributed by atoms with Gasteiger partial charge in [-0.2, -0.15) is 0 Å². The highest BCUT2D eigenvalue weighted by Crippen LogP contribution is 2.41. The number of pyridine rings is 1. The van der Waals surface area contributed by atoms with Crippen molar-refractivity contribution in [1.29, 1.82) is 0 Å². The fourth-order valence-corrected chi connectivity index (χ4v) is 5.21. The van der Waals surface area contributed by atoms with Crippen molar-refractivity contribution in [2.45, 2.75) is 25.9 Å². The molecule has 1 aliphatic heterocycles. The Morgan fingerprint density at radius 2 is 1.78 bits per heavy atom.